The van der Waals surface area contributed by atoms with Crippen LogP contribution in [0.4, 0.5) is 11.5 Å². The molecule has 1 heterocycles. The lowest BCUT2D eigenvalue weighted by molar-refractivity contribution is -0.390. The fourth-order valence-electron chi connectivity index (χ4n) is 1.31. The standard InChI is InChI=1S/C12H10N4O2/c13-10-4-1-9(2-5-10)3-6-11-7-8-12(15-14-11)16(17)18/h1-8H,13H2/b6-3+. The highest BCUT2D eigenvalue weighted by Gasteiger charge is 2.06. The van der Waals surface area contributed by atoms with Crippen molar-refractivity contribution in [2.45, 2.75) is 0 Å². The predicted octanol–water partition coefficient (Wildman–Crippen LogP) is 2.14. The highest BCUT2D eigenvalue weighted by Crippen LogP contribution is 2.10. The van der Waals surface area contributed by atoms with Gasteiger partial charge in [0.25, 0.3) is 0 Å². The molecule has 0 amide bonds. The van der Waals surface area contributed by atoms with E-state index in [0.717, 1.165) is 5.56 Å². The number of anilines is 1. The SMILES string of the molecule is Nc1ccc(/C=C/c2ccc([N+](=O)[O-])nn2)cc1. The quantitative estimate of drug-likeness (QED) is 0.505. The third-order valence-electron chi connectivity index (χ3n) is 2.24. The van der Waals surface area contributed by atoms with Crippen LogP contribution < -0.4 is 5.73 Å². The second-order valence-electron chi connectivity index (χ2n) is 3.57. The zero-order chi connectivity index (χ0) is 13.0. The van der Waals surface area contributed by atoms with Crippen LogP contribution in [-0.2, 0) is 0 Å². The van der Waals surface area contributed by atoms with Gasteiger partial charge in [-0.25, -0.2) is 0 Å². The van der Waals surface area contributed by atoms with Gasteiger partial charge in [-0.1, -0.05) is 18.2 Å². The summed E-state index contributed by atoms with van der Waals surface area (Å²) in [6.45, 7) is 0. The third kappa shape index (κ3) is 2.88. The van der Waals surface area contributed by atoms with Gasteiger partial charge in [-0.3, -0.25) is 0 Å². The second kappa shape index (κ2) is 5.05. The Morgan fingerprint density at radius 1 is 1.06 bits per heavy atom. The highest BCUT2D eigenvalue weighted by molar-refractivity contribution is 5.68. The van der Waals surface area contributed by atoms with Gasteiger partial charge in [0.1, 0.15) is 5.69 Å². The monoisotopic (exact) mass is 242 g/mol. The van der Waals surface area contributed by atoms with Crippen LogP contribution in [0.15, 0.2) is 36.4 Å². The molecule has 18 heavy (non-hydrogen) atoms. The van der Waals surface area contributed by atoms with E-state index in [4.69, 9.17) is 5.73 Å². The van der Waals surface area contributed by atoms with Crippen LogP contribution in [-0.4, -0.2) is 15.1 Å². The molecule has 0 radical (unpaired) electrons. The molecule has 1 aromatic carbocycles. The van der Waals surface area contributed by atoms with Crippen molar-refractivity contribution in [3.05, 3.63) is 57.8 Å². The lowest BCUT2D eigenvalue weighted by atomic mass is 10.2. The maximum atomic E-state index is 10.4. The van der Waals surface area contributed by atoms with Crippen LogP contribution in [0.2, 0.25) is 0 Å². The van der Waals surface area contributed by atoms with Crippen LogP contribution >= 0.6 is 0 Å². The Labute approximate surface area is 103 Å². The Morgan fingerprint density at radius 3 is 2.33 bits per heavy atom. The zero-order valence-electron chi connectivity index (χ0n) is 9.35. The minimum absolute atomic E-state index is 0.264. The Hall–Kier alpha value is -2.76. The minimum Gasteiger partial charge on any atom is -0.399 e. The van der Waals surface area contributed by atoms with Gasteiger partial charge in [0.05, 0.1) is 5.10 Å². The van der Waals surface area contributed by atoms with Crippen LogP contribution in [0, 0.1) is 10.1 Å². The van der Waals surface area contributed by atoms with Crippen molar-refractivity contribution in [1.82, 2.24) is 10.2 Å². The van der Waals surface area contributed by atoms with E-state index in [1.54, 1.807) is 24.3 Å². The summed E-state index contributed by atoms with van der Waals surface area (Å²) in [5, 5.41) is 17.6. The summed E-state index contributed by atoms with van der Waals surface area (Å²) in [5.41, 5.74) is 7.78. The molecule has 0 atom stereocenters. The molecule has 2 aromatic rings. The van der Waals surface area contributed by atoms with Crippen LogP contribution in [0.25, 0.3) is 12.2 Å². The van der Waals surface area contributed by atoms with Gasteiger partial charge in [-0.2, -0.15) is 0 Å². The Morgan fingerprint density at radius 2 is 1.78 bits per heavy atom. The van der Waals surface area contributed by atoms with E-state index < -0.39 is 4.92 Å². The van der Waals surface area contributed by atoms with Gasteiger partial charge in [-0.15, -0.1) is 0 Å². The summed E-state index contributed by atoms with van der Waals surface area (Å²) in [6.07, 6.45) is 3.55. The van der Waals surface area contributed by atoms with E-state index in [-0.39, 0.29) is 5.82 Å². The fourth-order valence-corrected chi connectivity index (χ4v) is 1.31. The van der Waals surface area contributed by atoms with Crippen molar-refractivity contribution >= 4 is 23.7 Å². The van der Waals surface area contributed by atoms with E-state index in [2.05, 4.69) is 10.2 Å². The molecule has 1 aromatic heterocycles. The van der Waals surface area contributed by atoms with Gasteiger partial charge >= 0.3 is 5.82 Å². The molecule has 2 N–H and O–H groups in total. The number of rotatable bonds is 3. The van der Waals surface area contributed by atoms with Crippen molar-refractivity contribution in [2.24, 2.45) is 0 Å². The van der Waals surface area contributed by atoms with Crippen molar-refractivity contribution in [1.29, 1.82) is 0 Å². The molecule has 90 valence electrons. The number of hydrogen-bond acceptors (Lipinski definition) is 5. The lowest BCUT2D eigenvalue weighted by Gasteiger charge is -1.94. The van der Waals surface area contributed by atoms with Crippen molar-refractivity contribution in [2.75, 3.05) is 5.73 Å². The van der Waals surface area contributed by atoms with E-state index in [0.29, 0.717) is 11.4 Å². The first-order valence-electron chi connectivity index (χ1n) is 5.17. The van der Waals surface area contributed by atoms with Crippen LogP contribution in [0.5, 0.6) is 0 Å². The van der Waals surface area contributed by atoms with E-state index in [1.165, 1.54) is 6.07 Å². The highest BCUT2D eigenvalue weighted by atomic mass is 16.6. The van der Waals surface area contributed by atoms with Crippen LogP contribution in [0.3, 0.4) is 0 Å². The smallest absolute Gasteiger partial charge is 0.390 e. The summed E-state index contributed by atoms with van der Waals surface area (Å²) in [6, 6.07) is 10.2. The number of hydrogen-bond donors (Lipinski definition) is 1. The van der Waals surface area contributed by atoms with Crippen molar-refractivity contribution in [3.8, 4) is 0 Å². The Kier molecular flexibility index (Phi) is 3.29. The number of nitrogen functional groups attached to an aromatic ring is 1. The van der Waals surface area contributed by atoms with Crippen molar-refractivity contribution in [3.63, 3.8) is 0 Å². The molecule has 0 unspecified atom stereocenters. The number of nitro groups is 1. The van der Waals surface area contributed by atoms with E-state index >= 15 is 0 Å². The number of benzene rings is 1. The number of aromatic nitrogens is 2. The third-order valence-corrected chi connectivity index (χ3v) is 2.24. The molecule has 0 aliphatic rings. The molecule has 6 nitrogen and oxygen atoms in total. The summed E-state index contributed by atoms with van der Waals surface area (Å²) >= 11 is 0. The second-order valence-corrected chi connectivity index (χ2v) is 3.57. The molecule has 2 rings (SSSR count). The van der Waals surface area contributed by atoms with Crippen LogP contribution in [0.1, 0.15) is 11.3 Å². The predicted molar refractivity (Wildman–Crippen MR) is 68.5 cm³/mol. The van der Waals surface area contributed by atoms with E-state index in [9.17, 15) is 10.1 Å². The number of nitrogens with two attached hydrogens (primary N) is 1. The normalized spacial score (nSPS) is 10.7. The summed E-state index contributed by atoms with van der Waals surface area (Å²) in [4.78, 5) is 9.81. The molecule has 0 aliphatic carbocycles. The summed E-state index contributed by atoms with van der Waals surface area (Å²) in [7, 11) is 0. The Bertz CT molecular complexity index is 576. The zero-order valence-corrected chi connectivity index (χ0v) is 9.35. The molecule has 0 saturated heterocycles. The van der Waals surface area contributed by atoms with Gasteiger partial charge in [0, 0.05) is 11.8 Å². The molecular weight excluding hydrogens is 232 g/mol. The first-order chi connectivity index (χ1) is 8.65. The first kappa shape index (κ1) is 11.7. The fraction of sp³-hybridized carbons (Fsp3) is 0. The average Bonchev–Trinajstić information content (AvgIpc) is 2.38. The summed E-state index contributed by atoms with van der Waals surface area (Å²) in [5.74, 6) is -0.264. The molecule has 6 heteroatoms. The van der Waals surface area contributed by atoms with Gasteiger partial charge in [0.2, 0.25) is 0 Å². The molecule has 0 saturated carbocycles. The molecular formula is C12H10N4O2. The average molecular weight is 242 g/mol. The van der Waals surface area contributed by atoms with Gasteiger partial charge in [0.15, 0.2) is 0 Å². The maximum absolute atomic E-state index is 10.4. The van der Waals surface area contributed by atoms with Gasteiger partial charge in [-0.05, 0) is 39.9 Å². The molecule has 0 fully saturated rings. The van der Waals surface area contributed by atoms with Crippen molar-refractivity contribution < 1.29 is 4.92 Å². The Balaban J connectivity index is 2.13. The lowest BCUT2D eigenvalue weighted by Crippen LogP contribution is -1.94. The first-order valence-corrected chi connectivity index (χ1v) is 5.17. The van der Waals surface area contributed by atoms with E-state index in [1.807, 2.05) is 18.2 Å². The van der Waals surface area contributed by atoms with Gasteiger partial charge < -0.3 is 15.8 Å². The topological polar surface area (TPSA) is 94.9 Å². The largest absolute Gasteiger partial charge is 0.399 e. The minimum atomic E-state index is -0.583. The summed E-state index contributed by atoms with van der Waals surface area (Å²) < 4.78 is 0. The number of nitrogens with zero attached hydrogens (tertiary/aromatic N) is 3. The molecule has 0 aliphatic heterocycles. The molecule has 0 spiro atoms. The maximum Gasteiger partial charge on any atom is 0.390 e. The molecule has 0 bridgehead atoms.